The third-order valence-corrected chi connectivity index (χ3v) is 4.27. The van der Waals surface area contributed by atoms with Crippen LogP contribution in [0.25, 0.3) is 0 Å². The van der Waals surface area contributed by atoms with E-state index in [0.717, 1.165) is 24.4 Å². The minimum absolute atomic E-state index is 0.0636. The van der Waals surface area contributed by atoms with Gasteiger partial charge in [0.15, 0.2) is 0 Å². The highest BCUT2D eigenvalue weighted by atomic mass is 16.2. The van der Waals surface area contributed by atoms with Crippen LogP contribution in [-0.4, -0.2) is 27.8 Å². The molecule has 2 fully saturated rings. The standard InChI is InChI=1S/C15H24N4O/c1-11-2-4-12(5-3-11)17-14-8-16-19(9-14)10-15(20)18-13-6-7-13/h8-9,11-13,17H,2-7,10H2,1H3,(H,18,20). The van der Waals surface area contributed by atoms with E-state index in [1.165, 1.54) is 25.7 Å². The Kier molecular flexibility index (Phi) is 3.94. The molecular weight excluding hydrogens is 252 g/mol. The van der Waals surface area contributed by atoms with Gasteiger partial charge in [-0.05, 0) is 44.4 Å². The summed E-state index contributed by atoms with van der Waals surface area (Å²) in [5, 5.41) is 10.8. The molecule has 0 aliphatic heterocycles. The topological polar surface area (TPSA) is 59.0 Å². The molecule has 5 heteroatoms. The fourth-order valence-electron chi connectivity index (χ4n) is 2.81. The highest BCUT2D eigenvalue weighted by Crippen LogP contribution is 2.25. The number of aromatic nitrogens is 2. The Bertz CT molecular complexity index is 458. The highest BCUT2D eigenvalue weighted by molar-refractivity contribution is 5.76. The zero-order valence-electron chi connectivity index (χ0n) is 12.1. The Hall–Kier alpha value is -1.52. The Morgan fingerprint density at radius 2 is 1.95 bits per heavy atom. The molecule has 0 saturated heterocycles. The lowest BCUT2D eigenvalue weighted by Gasteiger charge is -2.27. The molecule has 5 nitrogen and oxygen atoms in total. The quantitative estimate of drug-likeness (QED) is 0.866. The molecule has 0 atom stereocenters. The van der Waals surface area contributed by atoms with E-state index in [1.54, 1.807) is 4.68 Å². The molecule has 1 aromatic heterocycles. The van der Waals surface area contributed by atoms with E-state index in [2.05, 4.69) is 22.7 Å². The first-order chi connectivity index (χ1) is 9.69. The summed E-state index contributed by atoms with van der Waals surface area (Å²) in [4.78, 5) is 11.7. The van der Waals surface area contributed by atoms with Crippen molar-refractivity contribution in [3.05, 3.63) is 12.4 Å². The summed E-state index contributed by atoms with van der Waals surface area (Å²) in [5.74, 6) is 0.926. The van der Waals surface area contributed by atoms with Gasteiger partial charge in [0.1, 0.15) is 6.54 Å². The van der Waals surface area contributed by atoms with Crippen LogP contribution in [0, 0.1) is 5.92 Å². The number of carbonyl (C=O) groups is 1. The van der Waals surface area contributed by atoms with Gasteiger partial charge in [-0.25, -0.2) is 0 Å². The number of nitrogens with zero attached hydrogens (tertiary/aromatic N) is 2. The molecule has 0 unspecified atom stereocenters. The van der Waals surface area contributed by atoms with Gasteiger partial charge in [0.05, 0.1) is 11.9 Å². The average Bonchev–Trinajstić information content (AvgIpc) is 3.12. The molecule has 1 aromatic rings. The number of hydrogen-bond acceptors (Lipinski definition) is 3. The van der Waals surface area contributed by atoms with Gasteiger partial charge in [0.2, 0.25) is 5.91 Å². The summed E-state index contributed by atoms with van der Waals surface area (Å²) < 4.78 is 1.71. The van der Waals surface area contributed by atoms with E-state index in [-0.39, 0.29) is 5.91 Å². The van der Waals surface area contributed by atoms with Crippen LogP contribution in [0.2, 0.25) is 0 Å². The second-order valence-corrected chi connectivity index (χ2v) is 6.37. The molecule has 3 rings (SSSR count). The van der Waals surface area contributed by atoms with Crippen LogP contribution < -0.4 is 10.6 Å². The summed E-state index contributed by atoms with van der Waals surface area (Å²) >= 11 is 0. The van der Waals surface area contributed by atoms with E-state index in [4.69, 9.17) is 0 Å². The molecule has 2 aliphatic rings. The molecule has 0 spiro atoms. The smallest absolute Gasteiger partial charge is 0.241 e. The Labute approximate surface area is 120 Å². The predicted molar refractivity (Wildman–Crippen MR) is 78.4 cm³/mol. The van der Waals surface area contributed by atoms with Crippen molar-refractivity contribution in [1.82, 2.24) is 15.1 Å². The summed E-state index contributed by atoms with van der Waals surface area (Å²) in [6, 6.07) is 0.976. The van der Waals surface area contributed by atoms with Crippen molar-refractivity contribution in [2.24, 2.45) is 5.92 Å². The summed E-state index contributed by atoms with van der Waals surface area (Å²) in [6.07, 6.45) is 11.1. The molecule has 0 radical (unpaired) electrons. The lowest BCUT2D eigenvalue weighted by Crippen LogP contribution is -2.29. The van der Waals surface area contributed by atoms with Gasteiger partial charge in [-0.2, -0.15) is 5.10 Å². The van der Waals surface area contributed by atoms with Crippen molar-refractivity contribution in [3.8, 4) is 0 Å². The molecule has 1 amide bonds. The number of hydrogen-bond donors (Lipinski definition) is 2. The monoisotopic (exact) mass is 276 g/mol. The van der Waals surface area contributed by atoms with Crippen molar-refractivity contribution in [1.29, 1.82) is 0 Å². The van der Waals surface area contributed by atoms with Crippen LogP contribution in [-0.2, 0) is 11.3 Å². The van der Waals surface area contributed by atoms with Crippen molar-refractivity contribution < 1.29 is 4.79 Å². The predicted octanol–water partition coefficient (Wildman–Crippen LogP) is 2.15. The summed E-state index contributed by atoms with van der Waals surface area (Å²) in [5.41, 5.74) is 1.03. The SMILES string of the molecule is CC1CCC(Nc2cnn(CC(=O)NC3CC3)c2)CC1. The maximum absolute atomic E-state index is 11.7. The van der Waals surface area contributed by atoms with E-state index >= 15 is 0 Å². The van der Waals surface area contributed by atoms with Gasteiger partial charge >= 0.3 is 0 Å². The van der Waals surface area contributed by atoms with Crippen LogP contribution in [0.4, 0.5) is 5.69 Å². The Morgan fingerprint density at radius 1 is 1.25 bits per heavy atom. The Balaban J connectivity index is 1.47. The number of rotatable bonds is 5. The lowest BCUT2D eigenvalue weighted by molar-refractivity contribution is -0.122. The van der Waals surface area contributed by atoms with Gasteiger partial charge in [-0.1, -0.05) is 6.92 Å². The second-order valence-electron chi connectivity index (χ2n) is 6.37. The molecule has 20 heavy (non-hydrogen) atoms. The van der Waals surface area contributed by atoms with Crippen LogP contribution in [0.3, 0.4) is 0 Å². The number of carbonyl (C=O) groups excluding carboxylic acids is 1. The van der Waals surface area contributed by atoms with Crippen molar-refractivity contribution in [3.63, 3.8) is 0 Å². The normalized spacial score (nSPS) is 26.2. The third-order valence-electron chi connectivity index (χ3n) is 4.27. The Morgan fingerprint density at radius 3 is 2.65 bits per heavy atom. The first-order valence-electron chi connectivity index (χ1n) is 7.77. The zero-order valence-corrected chi connectivity index (χ0v) is 12.1. The highest BCUT2D eigenvalue weighted by Gasteiger charge is 2.23. The largest absolute Gasteiger partial charge is 0.380 e. The second kappa shape index (κ2) is 5.85. The van der Waals surface area contributed by atoms with Crippen molar-refractivity contribution >= 4 is 11.6 Å². The van der Waals surface area contributed by atoms with Gasteiger partial charge in [-0.15, -0.1) is 0 Å². The molecule has 110 valence electrons. The molecular formula is C15H24N4O. The average molecular weight is 276 g/mol. The zero-order chi connectivity index (χ0) is 13.9. The number of amides is 1. The van der Waals surface area contributed by atoms with E-state index in [9.17, 15) is 4.79 Å². The molecule has 2 saturated carbocycles. The van der Waals surface area contributed by atoms with Crippen molar-refractivity contribution in [2.75, 3.05) is 5.32 Å². The van der Waals surface area contributed by atoms with Crippen LogP contribution >= 0.6 is 0 Å². The maximum atomic E-state index is 11.7. The van der Waals surface area contributed by atoms with E-state index < -0.39 is 0 Å². The lowest BCUT2D eigenvalue weighted by atomic mass is 9.87. The van der Waals surface area contributed by atoms with Gasteiger partial charge in [0.25, 0.3) is 0 Å². The van der Waals surface area contributed by atoms with E-state index in [0.29, 0.717) is 18.6 Å². The van der Waals surface area contributed by atoms with Gasteiger partial charge in [0, 0.05) is 18.3 Å². The molecule has 0 aromatic carbocycles. The van der Waals surface area contributed by atoms with Crippen LogP contribution in [0.15, 0.2) is 12.4 Å². The van der Waals surface area contributed by atoms with Crippen LogP contribution in [0.1, 0.15) is 45.4 Å². The van der Waals surface area contributed by atoms with Gasteiger partial charge < -0.3 is 10.6 Å². The molecule has 2 aliphatic carbocycles. The molecule has 1 heterocycles. The molecule has 2 N–H and O–H groups in total. The minimum atomic E-state index is 0.0636. The maximum Gasteiger partial charge on any atom is 0.241 e. The third kappa shape index (κ3) is 3.74. The van der Waals surface area contributed by atoms with Crippen molar-refractivity contribution in [2.45, 2.75) is 64.1 Å². The first-order valence-corrected chi connectivity index (χ1v) is 7.77. The fourth-order valence-corrected chi connectivity index (χ4v) is 2.81. The molecule has 0 bridgehead atoms. The summed E-state index contributed by atoms with van der Waals surface area (Å²) in [6.45, 7) is 2.65. The number of anilines is 1. The number of nitrogens with one attached hydrogen (secondary N) is 2. The van der Waals surface area contributed by atoms with Gasteiger partial charge in [-0.3, -0.25) is 9.48 Å². The summed E-state index contributed by atoms with van der Waals surface area (Å²) in [7, 11) is 0. The van der Waals surface area contributed by atoms with Crippen LogP contribution in [0.5, 0.6) is 0 Å². The minimum Gasteiger partial charge on any atom is -0.380 e. The van der Waals surface area contributed by atoms with E-state index in [1.807, 2.05) is 12.4 Å². The first kappa shape index (κ1) is 13.5. The fraction of sp³-hybridized carbons (Fsp3) is 0.733.